The van der Waals surface area contributed by atoms with Crippen molar-refractivity contribution in [2.75, 3.05) is 31.3 Å². The summed E-state index contributed by atoms with van der Waals surface area (Å²) < 4.78 is 13.0. The van der Waals surface area contributed by atoms with E-state index < -0.39 is 5.60 Å². The van der Waals surface area contributed by atoms with Gasteiger partial charge in [0.05, 0.1) is 25.5 Å². The fraction of sp³-hybridized carbons (Fsp3) is 0.417. The lowest BCUT2D eigenvalue weighted by molar-refractivity contribution is 0.0223. The van der Waals surface area contributed by atoms with Crippen molar-refractivity contribution in [3.05, 3.63) is 47.4 Å². The molecule has 34 heavy (non-hydrogen) atoms. The molecule has 10 nitrogen and oxygen atoms in total. The number of ether oxygens (including phenoxy) is 2. The summed E-state index contributed by atoms with van der Waals surface area (Å²) in [5, 5.41) is 10.9. The first-order valence-corrected chi connectivity index (χ1v) is 11.2. The Morgan fingerprint density at radius 2 is 1.97 bits per heavy atom. The third kappa shape index (κ3) is 5.05. The number of nitrogens with zero attached hydrogens (tertiary/aromatic N) is 5. The van der Waals surface area contributed by atoms with Crippen molar-refractivity contribution in [2.24, 2.45) is 0 Å². The molecule has 0 unspecified atom stereocenters. The van der Waals surface area contributed by atoms with Gasteiger partial charge in [-0.3, -0.25) is 0 Å². The van der Waals surface area contributed by atoms with Crippen molar-refractivity contribution in [2.45, 2.75) is 46.3 Å². The van der Waals surface area contributed by atoms with E-state index in [1.54, 1.807) is 18.2 Å². The first-order valence-electron chi connectivity index (χ1n) is 11.2. The fourth-order valence-electron chi connectivity index (χ4n) is 3.84. The number of fused-ring (bicyclic) bond motifs is 1. The molecule has 10 heteroatoms. The number of hydrogen-bond acceptors (Lipinski definition) is 8. The van der Waals surface area contributed by atoms with E-state index in [-0.39, 0.29) is 6.09 Å². The minimum atomic E-state index is -0.530. The van der Waals surface area contributed by atoms with Gasteiger partial charge in [0.1, 0.15) is 22.9 Å². The largest absolute Gasteiger partial charge is 0.494 e. The van der Waals surface area contributed by atoms with Crippen molar-refractivity contribution in [1.82, 2.24) is 24.6 Å². The Bertz CT molecular complexity index is 1200. The van der Waals surface area contributed by atoms with E-state index in [1.165, 1.54) is 0 Å². The monoisotopic (exact) mass is 465 g/mol. The van der Waals surface area contributed by atoms with E-state index in [1.807, 2.05) is 63.7 Å². The van der Waals surface area contributed by atoms with Crippen LogP contribution >= 0.6 is 0 Å². The van der Waals surface area contributed by atoms with E-state index in [0.29, 0.717) is 31.2 Å². The molecule has 0 saturated carbocycles. The fourth-order valence-corrected chi connectivity index (χ4v) is 3.84. The molecule has 0 fully saturated rings. The van der Waals surface area contributed by atoms with Crippen LogP contribution in [0.25, 0.3) is 5.69 Å². The van der Waals surface area contributed by atoms with Gasteiger partial charge in [0.15, 0.2) is 0 Å². The lowest BCUT2D eigenvalue weighted by Gasteiger charge is -2.30. The topological polar surface area (TPSA) is 106 Å². The van der Waals surface area contributed by atoms with E-state index in [2.05, 4.69) is 25.7 Å². The number of anilines is 3. The zero-order valence-electron chi connectivity index (χ0n) is 20.5. The smallest absolute Gasteiger partial charge is 0.410 e. The Labute approximate surface area is 199 Å². The number of nitrogens with one attached hydrogen (secondary N) is 2. The molecule has 2 aromatic heterocycles. The van der Waals surface area contributed by atoms with Gasteiger partial charge in [0.25, 0.3) is 0 Å². The highest BCUT2D eigenvalue weighted by Gasteiger charge is 2.28. The van der Waals surface area contributed by atoms with Crippen LogP contribution in [0.2, 0.25) is 0 Å². The molecule has 0 atom stereocenters. The molecule has 0 radical (unpaired) electrons. The molecular formula is C24H31N7O3. The van der Waals surface area contributed by atoms with Crippen LogP contribution in [-0.4, -0.2) is 57.0 Å². The number of amides is 1. The van der Waals surface area contributed by atoms with Crippen LogP contribution < -0.4 is 15.4 Å². The summed E-state index contributed by atoms with van der Waals surface area (Å²) in [7, 11) is 3.46. The Morgan fingerprint density at radius 1 is 1.18 bits per heavy atom. The number of carbonyl (C=O) groups excluding carboxylic acids is 1. The predicted molar refractivity (Wildman–Crippen MR) is 130 cm³/mol. The van der Waals surface area contributed by atoms with Gasteiger partial charge in [-0.15, -0.1) is 0 Å². The van der Waals surface area contributed by atoms with Crippen LogP contribution in [0.15, 0.2) is 30.5 Å². The minimum Gasteiger partial charge on any atom is -0.494 e. The average molecular weight is 466 g/mol. The maximum Gasteiger partial charge on any atom is 0.410 e. The first-order chi connectivity index (χ1) is 16.2. The van der Waals surface area contributed by atoms with Gasteiger partial charge < -0.3 is 25.0 Å². The average Bonchev–Trinajstić information content (AvgIpc) is 3.20. The van der Waals surface area contributed by atoms with E-state index in [9.17, 15) is 4.79 Å². The summed E-state index contributed by atoms with van der Waals surface area (Å²) in [6.07, 6.45) is 2.14. The van der Waals surface area contributed by atoms with Gasteiger partial charge in [0.2, 0.25) is 5.95 Å². The van der Waals surface area contributed by atoms with Crippen LogP contribution in [0.1, 0.15) is 37.7 Å². The highest BCUT2D eigenvalue weighted by atomic mass is 16.6. The lowest BCUT2D eigenvalue weighted by atomic mass is 10.1. The standard InChI is InChI=1S/C24H31N7O3/c1-15-11-21(25-5)29-22(27-15)28-17-7-8-20(33-6)19(12-17)31-18-9-10-30(14-16(18)13-26-31)23(32)34-24(2,3)4/h7-8,11-13H,9-10,14H2,1-6H3,(H2,25,27,28,29). The first kappa shape index (κ1) is 23.3. The quantitative estimate of drug-likeness (QED) is 0.581. The maximum absolute atomic E-state index is 12.5. The summed E-state index contributed by atoms with van der Waals surface area (Å²) in [5.41, 5.74) is 3.95. The molecule has 4 rings (SSSR count). The normalized spacial score (nSPS) is 13.3. The highest BCUT2D eigenvalue weighted by Crippen LogP contribution is 2.31. The number of aromatic nitrogens is 4. The molecule has 1 amide bonds. The zero-order valence-corrected chi connectivity index (χ0v) is 20.5. The van der Waals surface area contributed by atoms with E-state index >= 15 is 0 Å². The third-order valence-electron chi connectivity index (χ3n) is 5.36. The highest BCUT2D eigenvalue weighted by molar-refractivity contribution is 5.69. The third-order valence-corrected chi connectivity index (χ3v) is 5.36. The van der Waals surface area contributed by atoms with Gasteiger partial charge in [-0.05, 0) is 45.9 Å². The molecule has 0 spiro atoms. The van der Waals surface area contributed by atoms with E-state index in [4.69, 9.17) is 9.47 Å². The summed E-state index contributed by atoms with van der Waals surface area (Å²) in [4.78, 5) is 23.2. The van der Waals surface area contributed by atoms with Gasteiger partial charge in [0, 0.05) is 43.0 Å². The molecular weight excluding hydrogens is 434 g/mol. The summed E-state index contributed by atoms with van der Waals surface area (Å²) in [6, 6.07) is 7.63. The minimum absolute atomic E-state index is 0.311. The maximum atomic E-state index is 12.5. The Balaban J connectivity index is 1.61. The SMILES string of the molecule is CNc1cc(C)nc(Nc2ccc(OC)c(-n3ncc4c3CCN(C(=O)OC(C)(C)C)C4)c2)n1. The number of rotatable bonds is 5. The molecule has 2 N–H and O–H groups in total. The van der Waals surface area contributed by atoms with Gasteiger partial charge in [-0.25, -0.2) is 14.5 Å². The summed E-state index contributed by atoms with van der Waals surface area (Å²) in [6.45, 7) is 8.53. The number of carbonyl (C=O) groups is 1. The molecule has 3 heterocycles. The molecule has 0 bridgehead atoms. The van der Waals surface area contributed by atoms with Crippen molar-refractivity contribution in [3.8, 4) is 11.4 Å². The Morgan fingerprint density at radius 3 is 2.68 bits per heavy atom. The van der Waals surface area contributed by atoms with Crippen LogP contribution in [0.4, 0.5) is 22.2 Å². The number of benzene rings is 1. The van der Waals surface area contributed by atoms with Crippen molar-refractivity contribution >= 4 is 23.5 Å². The van der Waals surface area contributed by atoms with Crippen molar-refractivity contribution in [3.63, 3.8) is 0 Å². The van der Waals surface area contributed by atoms with Crippen LogP contribution in [0, 0.1) is 6.92 Å². The van der Waals surface area contributed by atoms with Gasteiger partial charge in [-0.2, -0.15) is 10.1 Å². The van der Waals surface area contributed by atoms with Crippen LogP contribution in [0.5, 0.6) is 5.75 Å². The molecule has 1 aliphatic rings. The zero-order chi connectivity index (χ0) is 24.5. The predicted octanol–water partition coefficient (Wildman–Crippen LogP) is 4.06. The molecule has 180 valence electrons. The molecule has 0 aliphatic carbocycles. The second-order valence-electron chi connectivity index (χ2n) is 9.16. The number of hydrogen-bond donors (Lipinski definition) is 2. The molecule has 3 aromatic rings. The molecule has 1 aliphatic heterocycles. The van der Waals surface area contributed by atoms with Crippen LogP contribution in [0.3, 0.4) is 0 Å². The van der Waals surface area contributed by atoms with Gasteiger partial charge >= 0.3 is 6.09 Å². The second kappa shape index (κ2) is 9.20. The van der Waals surface area contributed by atoms with Crippen molar-refractivity contribution < 1.29 is 14.3 Å². The van der Waals surface area contributed by atoms with Crippen LogP contribution in [-0.2, 0) is 17.7 Å². The Hall–Kier alpha value is -3.82. The second-order valence-corrected chi connectivity index (χ2v) is 9.16. The number of aryl methyl sites for hydroxylation is 1. The molecule has 1 aromatic carbocycles. The van der Waals surface area contributed by atoms with Gasteiger partial charge in [-0.1, -0.05) is 0 Å². The van der Waals surface area contributed by atoms with Crippen molar-refractivity contribution in [1.29, 1.82) is 0 Å². The number of methoxy groups -OCH3 is 1. The Kier molecular flexibility index (Phi) is 6.32. The summed E-state index contributed by atoms with van der Waals surface area (Å²) in [5.74, 6) is 1.92. The lowest BCUT2D eigenvalue weighted by Crippen LogP contribution is -2.40. The molecule has 0 saturated heterocycles. The summed E-state index contributed by atoms with van der Waals surface area (Å²) >= 11 is 0. The van der Waals surface area contributed by atoms with E-state index in [0.717, 1.165) is 34.1 Å².